The molecule has 1 saturated heterocycles. The number of hydrogen-bond acceptors (Lipinski definition) is 7. The Labute approximate surface area is 206 Å². The van der Waals surface area contributed by atoms with E-state index < -0.39 is 17.6 Å². The van der Waals surface area contributed by atoms with Gasteiger partial charge >= 0.3 is 0 Å². The predicted octanol–water partition coefficient (Wildman–Crippen LogP) is 3.41. The molecule has 1 atom stereocenters. The van der Waals surface area contributed by atoms with Gasteiger partial charge in [0.05, 0.1) is 45.7 Å². The molecule has 0 radical (unpaired) electrons. The molecule has 0 unspecified atom stereocenters. The minimum atomic E-state index is -0.681. The lowest BCUT2D eigenvalue weighted by molar-refractivity contribution is 0.0460. The molecule has 0 bridgehead atoms. The zero-order valence-corrected chi connectivity index (χ0v) is 19.1. The molecule has 2 aromatic carbocycles. The first kappa shape index (κ1) is 20.9. The number of rotatable bonds is 3. The Morgan fingerprint density at radius 2 is 1.81 bits per heavy atom. The van der Waals surface area contributed by atoms with E-state index in [9.17, 15) is 18.8 Å². The van der Waals surface area contributed by atoms with Crippen LogP contribution in [-0.2, 0) is 6.54 Å². The molecular formula is C24H14ClFN6O4. The fourth-order valence-corrected chi connectivity index (χ4v) is 5.22. The molecule has 0 spiro atoms. The van der Waals surface area contributed by atoms with Gasteiger partial charge in [-0.05, 0) is 30.7 Å². The normalized spacial score (nSPS) is 17.9. The maximum absolute atomic E-state index is 14.2. The van der Waals surface area contributed by atoms with Gasteiger partial charge in [0.25, 0.3) is 23.6 Å². The number of imide groups is 1. The Hall–Kier alpha value is -4.38. The number of amides is 3. The van der Waals surface area contributed by atoms with Crippen molar-refractivity contribution in [2.24, 2.45) is 0 Å². The van der Waals surface area contributed by atoms with E-state index in [1.165, 1.54) is 18.5 Å². The highest BCUT2D eigenvalue weighted by atomic mass is 35.5. The minimum Gasteiger partial charge on any atom is -0.332 e. The van der Waals surface area contributed by atoms with Crippen molar-refractivity contribution < 1.29 is 23.3 Å². The van der Waals surface area contributed by atoms with Gasteiger partial charge in [-0.25, -0.2) is 9.37 Å². The van der Waals surface area contributed by atoms with E-state index in [4.69, 9.17) is 16.1 Å². The molecule has 5 heterocycles. The first-order chi connectivity index (χ1) is 17.4. The molecule has 36 heavy (non-hydrogen) atoms. The van der Waals surface area contributed by atoms with Crippen LogP contribution in [0.2, 0.25) is 5.02 Å². The van der Waals surface area contributed by atoms with Crippen LogP contribution in [0.1, 0.15) is 55.1 Å². The van der Waals surface area contributed by atoms with Crippen LogP contribution in [0.3, 0.4) is 0 Å². The quantitative estimate of drug-likeness (QED) is 0.393. The standard InChI is InChI=1S/C24H14ClFN6O4/c25-18-13(26)5-6-14-17(18)24(35)30-8-7-15(30)20-19(27-10-32(14)20)21-28-16(29-36-21)9-31-22(33)11-3-1-2-4-12(11)23(31)34/h1-6,10,15H,7-9H2/t15-/m0/s1. The van der Waals surface area contributed by atoms with Crippen LogP contribution in [-0.4, -0.2) is 53.8 Å². The lowest BCUT2D eigenvalue weighted by atomic mass is 9.97. The van der Waals surface area contributed by atoms with E-state index >= 15 is 0 Å². The zero-order chi connectivity index (χ0) is 24.7. The van der Waals surface area contributed by atoms with Crippen LogP contribution in [0.5, 0.6) is 0 Å². The van der Waals surface area contributed by atoms with Gasteiger partial charge in [0.2, 0.25) is 0 Å². The van der Waals surface area contributed by atoms with Gasteiger partial charge in [0, 0.05) is 6.54 Å². The van der Waals surface area contributed by atoms with Crippen molar-refractivity contribution >= 4 is 29.3 Å². The zero-order valence-electron chi connectivity index (χ0n) is 18.3. The Balaban J connectivity index is 1.27. The highest BCUT2D eigenvalue weighted by Gasteiger charge is 2.44. The topological polar surface area (TPSA) is 114 Å². The van der Waals surface area contributed by atoms with Gasteiger partial charge in [0.15, 0.2) is 11.5 Å². The van der Waals surface area contributed by atoms with E-state index in [2.05, 4.69) is 15.1 Å². The van der Waals surface area contributed by atoms with Gasteiger partial charge in [-0.3, -0.25) is 23.9 Å². The Bertz CT molecular complexity index is 1610. The summed E-state index contributed by atoms with van der Waals surface area (Å²) in [6.07, 6.45) is 2.16. The maximum atomic E-state index is 14.2. The van der Waals surface area contributed by atoms with Crippen LogP contribution < -0.4 is 0 Å². The summed E-state index contributed by atoms with van der Waals surface area (Å²) in [7, 11) is 0. The molecule has 7 rings (SSSR count). The lowest BCUT2D eigenvalue weighted by Crippen LogP contribution is -2.44. The van der Waals surface area contributed by atoms with Crippen molar-refractivity contribution in [2.75, 3.05) is 6.54 Å². The third-order valence-electron chi connectivity index (χ3n) is 6.80. The molecular weight excluding hydrogens is 491 g/mol. The van der Waals surface area contributed by atoms with Gasteiger partial charge in [-0.2, -0.15) is 4.98 Å². The Morgan fingerprint density at radius 1 is 1.06 bits per heavy atom. The second kappa shape index (κ2) is 7.31. The SMILES string of the molecule is O=C1c2ccccc2C(=O)N1Cc1noc(-c2ncn3c2[C@@H]2CCN2C(=O)c2c-3ccc(F)c2Cl)n1. The fraction of sp³-hybridized carbons (Fsp3) is 0.167. The summed E-state index contributed by atoms with van der Waals surface area (Å²) in [4.78, 5) is 50.0. The molecule has 3 amide bonds. The highest BCUT2D eigenvalue weighted by molar-refractivity contribution is 6.34. The molecule has 178 valence electrons. The van der Waals surface area contributed by atoms with Crippen LogP contribution in [0.4, 0.5) is 4.39 Å². The molecule has 0 saturated carbocycles. The number of hydrogen-bond donors (Lipinski definition) is 0. The number of imidazole rings is 1. The van der Waals surface area contributed by atoms with Crippen LogP contribution in [0.15, 0.2) is 47.2 Å². The van der Waals surface area contributed by atoms with Gasteiger partial charge in [-0.1, -0.05) is 28.9 Å². The summed E-state index contributed by atoms with van der Waals surface area (Å²) in [6.45, 7) is 0.312. The third kappa shape index (κ3) is 2.71. The van der Waals surface area contributed by atoms with Crippen molar-refractivity contribution in [3.8, 4) is 17.3 Å². The fourth-order valence-electron chi connectivity index (χ4n) is 4.97. The van der Waals surface area contributed by atoms with E-state index in [1.54, 1.807) is 33.7 Å². The minimum absolute atomic E-state index is 0.0703. The van der Waals surface area contributed by atoms with Crippen molar-refractivity contribution in [3.63, 3.8) is 0 Å². The average molecular weight is 505 g/mol. The van der Waals surface area contributed by atoms with Crippen LogP contribution >= 0.6 is 11.6 Å². The molecule has 10 nitrogen and oxygen atoms in total. The number of nitrogens with zero attached hydrogens (tertiary/aromatic N) is 6. The smallest absolute Gasteiger partial charge is 0.278 e. The first-order valence-corrected chi connectivity index (χ1v) is 11.5. The summed E-state index contributed by atoms with van der Waals surface area (Å²) in [5, 5.41) is 3.71. The predicted molar refractivity (Wildman–Crippen MR) is 121 cm³/mol. The summed E-state index contributed by atoms with van der Waals surface area (Å²) < 4.78 is 21.3. The number of aromatic nitrogens is 4. The summed E-state index contributed by atoms with van der Waals surface area (Å²) in [5.41, 5.74) is 2.11. The van der Waals surface area contributed by atoms with Crippen LogP contribution in [0, 0.1) is 5.82 Å². The lowest BCUT2D eigenvalue weighted by Gasteiger charge is -2.39. The molecule has 2 aromatic heterocycles. The van der Waals surface area contributed by atoms with Gasteiger partial charge in [0.1, 0.15) is 12.1 Å². The summed E-state index contributed by atoms with van der Waals surface area (Å²) in [5.74, 6) is -1.70. The van der Waals surface area contributed by atoms with Crippen LogP contribution in [0.25, 0.3) is 17.3 Å². The molecule has 12 heteroatoms. The number of carbonyl (C=O) groups excluding carboxylic acids is 3. The van der Waals surface area contributed by atoms with Crippen molar-refractivity contribution in [1.29, 1.82) is 0 Å². The maximum Gasteiger partial charge on any atom is 0.278 e. The van der Waals surface area contributed by atoms with Gasteiger partial charge < -0.3 is 9.42 Å². The van der Waals surface area contributed by atoms with Crippen molar-refractivity contribution in [2.45, 2.75) is 19.0 Å². The molecule has 0 N–H and O–H groups in total. The average Bonchev–Trinajstić information content (AvgIpc) is 3.53. The second-order valence-corrected chi connectivity index (χ2v) is 9.04. The van der Waals surface area contributed by atoms with E-state index in [0.717, 1.165) is 4.90 Å². The highest BCUT2D eigenvalue weighted by Crippen LogP contribution is 2.44. The van der Waals surface area contributed by atoms with Gasteiger partial charge in [-0.15, -0.1) is 0 Å². The first-order valence-electron chi connectivity index (χ1n) is 11.1. The Kier molecular flexibility index (Phi) is 4.25. The molecule has 3 aliphatic rings. The van der Waals surface area contributed by atoms with E-state index in [1.807, 2.05) is 0 Å². The largest absolute Gasteiger partial charge is 0.332 e. The van der Waals surface area contributed by atoms with Crippen molar-refractivity contribution in [3.05, 3.63) is 81.8 Å². The molecule has 0 aliphatic carbocycles. The third-order valence-corrected chi connectivity index (χ3v) is 7.16. The molecule has 4 aromatic rings. The summed E-state index contributed by atoms with van der Waals surface area (Å²) >= 11 is 6.19. The second-order valence-electron chi connectivity index (χ2n) is 8.66. The number of halogens is 2. The monoisotopic (exact) mass is 504 g/mol. The van der Waals surface area contributed by atoms with E-state index in [-0.39, 0.29) is 40.8 Å². The number of carbonyl (C=O) groups is 3. The number of fused-ring (bicyclic) bond motifs is 6. The molecule has 1 fully saturated rings. The summed E-state index contributed by atoms with van der Waals surface area (Å²) in [6, 6.07) is 8.92. The number of benzene rings is 2. The van der Waals surface area contributed by atoms with Crippen molar-refractivity contribution in [1.82, 2.24) is 29.5 Å². The molecule has 3 aliphatic heterocycles. The van der Waals surface area contributed by atoms with E-state index in [0.29, 0.717) is 41.2 Å². The Morgan fingerprint density at radius 3 is 2.50 bits per heavy atom.